The van der Waals surface area contributed by atoms with Crippen molar-refractivity contribution in [2.24, 2.45) is 7.05 Å². The number of aryl methyl sites for hydroxylation is 3. The Balaban J connectivity index is 1.65. The van der Waals surface area contributed by atoms with Crippen molar-refractivity contribution < 1.29 is 8.42 Å². The van der Waals surface area contributed by atoms with Gasteiger partial charge in [-0.05, 0) is 19.4 Å². The Hall–Kier alpha value is -1.70. The van der Waals surface area contributed by atoms with Crippen molar-refractivity contribution in [3.05, 3.63) is 47.3 Å². The van der Waals surface area contributed by atoms with E-state index in [1.54, 1.807) is 29.2 Å². The molecule has 0 atom stereocenters. The number of piperazine rings is 1. The Kier molecular flexibility index (Phi) is 4.76. The maximum Gasteiger partial charge on any atom is 0.246 e. The molecule has 3 rings (SSSR count). The van der Waals surface area contributed by atoms with Gasteiger partial charge in [-0.25, -0.2) is 8.42 Å². The molecule has 2 aromatic rings. The van der Waals surface area contributed by atoms with Gasteiger partial charge < -0.3 is 0 Å². The zero-order chi connectivity index (χ0) is 17.3. The Morgan fingerprint density at radius 3 is 2.42 bits per heavy atom. The topological polar surface area (TPSA) is 58.4 Å². The molecular weight excluding hydrogens is 324 g/mol. The Morgan fingerprint density at radius 1 is 1.12 bits per heavy atom. The van der Waals surface area contributed by atoms with Gasteiger partial charge in [-0.1, -0.05) is 29.8 Å². The van der Waals surface area contributed by atoms with E-state index in [0.29, 0.717) is 23.7 Å². The molecule has 1 aromatic carbocycles. The minimum Gasteiger partial charge on any atom is -0.296 e. The van der Waals surface area contributed by atoms with Crippen LogP contribution in [0.1, 0.15) is 16.8 Å². The van der Waals surface area contributed by atoms with Crippen LogP contribution < -0.4 is 0 Å². The second kappa shape index (κ2) is 6.66. The molecule has 24 heavy (non-hydrogen) atoms. The Bertz CT molecular complexity index is 821. The molecule has 1 saturated heterocycles. The molecule has 1 aliphatic heterocycles. The molecule has 0 N–H and O–H groups in total. The van der Waals surface area contributed by atoms with Crippen molar-refractivity contribution in [1.82, 2.24) is 19.0 Å². The summed E-state index contributed by atoms with van der Waals surface area (Å²) >= 11 is 0. The number of sulfonamides is 1. The summed E-state index contributed by atoms with van der Waals surface area (Å²) in [5.74, 6) is 0. The van der Waals surface area contributed by atoms with E-state index in [0.717, 1.165) is 19.6 Å². The molecule has 0 radical (unpaired) electrons. The minimum absolute atomic E-state index is 0.317. The first kappa shape index (κ1) is 17.1. The van der Waals surface area contributed by atoms with E-state index in [1.807, 2.05) is 0 Å². The minimum atomic E-state index is -3.45. The number of hydrogen-bond acceptors (Lipinski definition) is 4. The summed E-state index contributed by atoms with van der Waals surface area (Å²) in [7, 11) is -1.71. The second-order valence-electron chi connectivity index (χ2n) is 6.42. The number of rotatable bonds is 4. The molecule has 0 aliphatic carbocycles. The van der Waals surface area contributed by atoms with E-state index < -0.39 is 10.0 Å². The SMILES string of the molecule is Cc1cccc(CN2CCN(S(=O)(=O)c3cn(C)nc3C)CC2)c1. The first-order valence-corrected chi connectivity index (χ1v) is 9.58. The molecule has 7 heteroatoms. The van der Waals surface area contributed by atoms with Gasteiger partial charge in [0, 0.05) is 46.0 Å². The summed E-state index contributed by atoms with van der Waals surface area (Å²) in [6.45, 7) is 7.20. The Labute approximate surface area is 143 Å². The molecule has 1 aromatic heterocycles. The number of hydrogen-bond donors (Lipinski definition) is 0. The maximum absolute atomic E-state index is 12.8. The zero-order valence-corrected chi connectivity index (χ0v) is 15.3. The van der Waals surface area contributed by atoms with Crippen molar-refractivity contribution in [2.75, 3.05) is 26.2 Å². The summed E-state index contributed by atoms with van der Waals surface area (Å²) in [6, 6.07) is 8.46. The zero-order valence-electron chi connectivity index (χ0n) is 14.4. The quantitative estimate of drug-likeness (QED) is 0.841. The van der Waals surface area contributed by atoms with Crippen LogP contribution in [0.5, 0.6) is 0 Å². The molecule has 0 saturated carbocycles. The lowest BCUT2D eigenvalue weighted by atomic mass is 10.1. The first-order valence-electron chi connectivity index (χ1n) is 8.14. The molecule has 0 amide bonds. The Morgan fingerprint density at radius 2 is 1.83 bits per heavy atom. The lowest BCUT2D eigenvalue weighted by Gasteiger charge is -2.33. The van der Waals surface area contributed by atoms with Crippen LogP contribution in [0.25, 0.3) is 0 Å². The average molecular weight is 348 g/mol. The monoisotopic (exact) mass is 348 g/mol. The van der Waals surface area contributed by atoms with E-state index in [2.05, 4.69) is 41.2 Å². The summed E-state index contributed by atoms with van der Waals surface area (Å²) in [5.41, 5.74) is 3.08. The van der Waals surface area contributed by atoms with Gasteiger partial charge in [0.25, 0.3) is 0 Å². The van der Waals surface area contributed by atoms with Crippen molar-refractivity contribution in [2.45, 2.75) is 25.3 Å². The normalized spacial score (nSPS) is 17.3. The highest BCUT2D eigenvalue weighted by Crippen LogP contribution is 2.20. The largest absolute Gasteiger partial charge is 0.296 e. The van der Waals surface area contributed by atoms with Crippen molar-refractivity contribution >= 4 is 10.0 Å². The lowest BCUT2D eigenvalue weighted by molar-refractivity contribution is 0.181. The second-order valence-corrected chi connectivity index (χ2v) is 8.33. The first-order chi connectivity index (χ1) is 11.4. The van der Waals surface area contributed by atoms with Gasteiger partial charge in [-0.2, -0.15) is 9.40 Å². The van der Waals surface area contributed by atoms with Gasteiger partial charge in [-0.15, -0.1) is 0 Å². The van der Waals surface area contributed by atoms with Gasteiger partial charge in [0.15, 0.2) is 0 Å². The third-order valence-electron chi connectivity index (χ3n) is 4.41. The van der Waals surface area contributed by atoms with E-state index in [9.17, 15) is 8.42 Å². The molecule has 2 heterocycles. The molecule has 0 bridgehead atoms. The maximum atomic E-state index is 12.8. The van der Waals surface area contributed by atoms with Gasteiger partial charge >= 0.3 is 0 Å². The van der Waals surface area contributed by atoms with Gasteiger partial charge in [0.05, 0.1) is 5.69 Å². The highest BCUT2D eigenvalue weighted by molar-refractivity contribution is 7.89. The van der Waals surface area contributed by atoms with Gasteiger partial charge in [0.1, 0.15) is 4.90 Å². The molecule has 1 fully saturated rings. The number of aromatic nitrogens is 2. The van der Waals surface area contributed by atoms with Crippen molar-refractivity contribution in [3.8, 4) is 0 Å². The van der Waals surface area contributed by atoms with E-state index in [4.69, 9.17) is 0 Å². The van der Waals surface area contributed by atoms with Crippen molar-refractivity contribution in [1.29, 1.82) is 0 Å². The van der Waals surface area contributed by atoms with Gasteiger partial charge in [0.2, 0.25) is 10.0 Å². The van der Waals surface area contributed by atoms with Crippen LogP contribution in [0, 0.1) is 13.8 Å². The van der Waals surface area contributed by atoms with E-state index in [1.165, 1.54) is 11.1 Å². The highest BCUT2D eigenvalue weighted by Gasteiger charge is 2.30. The molecule has 0 spiro atoms. The fourth-order valence-corrected chi connectivity index (χ4v) is 4.79. The third-order valence-corrected chi connectivity index (χ3v) is 6.41. The van der Waals surface area contributed by atoms with Crippen LogP contribution in [0.3, 0.4) is 0 Å². The van der Waals surface area contributed by atoms with Crippen LogP contribution in [-0.2, 0) is 23.6 Å². The molecule has 0 unspecified atom stereocenters. The molecule has 130 valence electrons. The smallest absolute Gasteiger partial charge is 0.246 e. The van der Waals surface area contributed by atoms with Gasteiger partial charge in [-0.3, -0.25) is 9.58 Å². The summed E-state index contributed by atoms with van der Waals surface area (Å²) < 4.78 is 28.7. The highest BCUT2D eigenvalue weighted by atomic mass is 32.2. The average Bonchev–Trinajstić information content (AvgIpc) is 2.87. The summed E-state index contributed by atoms with van der Waals surface area (Å²) in [6.07, 6.45) is 1.59. The van der Waals surface area contributed by atoms with Crippen LogP contribution >= 0.6 is 0 Å². The lowest BCUT2D eigenvalue weighted by Crippen LogP contribution is -2.48. The van der Waals surface area contributed by atoms with Crippen LogP contribution in [-0.4, -0.2) is 53.6 Å². The van der Waals surface area contributed by atoms with Crippen molar-refractivity contribution in [3.63, 3.8) is 0 Å². The standard InChI is InChI=1S/C17H24N4O2S/c1-14-5-4-6-16(11-14)12-20-7-9-21(10-8-20)24(22,23)17-13-19(3)18-15(17)2/h4-6,11,13H,7-10,12H2,1-3H3. The summed E-state index contributed by atoms with van der Waals surface area (Å²) in [4.78, 5) is 2.62. The van der Waals surface area contributed by atoms with E-state index >= 15 is 0 Å². The van der Waals surface area contributed by atoms with Crippen LogP contribution in [0.2, 0.25) is 0 Å². The third kappa shape index (κ3) is 3.53. The fourth-order valence-electron chi connectivity index (χ4n) is 3.17. The molecule has 1 aliphatic rings. The number of nitrogens with zero attached hydrogens (tertiary/aromatic N) is 4. The van der Waals surface area contributed by atoms with Crippen LogP contribution in [0.15, 0.2) is 35.4 Å². The molecular formula is C17H24N4O2S. The van der Waals surface area contributed by atoms with Crippen LogP contribution in [0.4, 0.5) is 0 Å². The predicted octanol–water partition coefficient (Wildman–Crippen LogP) is 1.54. The fraction of sp³-hybridized carbons (Fsp3) is 0.471. The molecule has 6 nitrogen and oxygen atoms in total. The summed E-state index contributed by atoms with van der Waals surface area (Å²) in [5, 5.41) is 4.15. The number of benzene rings is 1. The predicted molar refractivity (Wildman–Crippen MR) is 93.2 cm³/mol. The van der Waals surface area contributed by atoms with E-state index in [-0.39, 0.29) is 0 Å².